The van der Waals surface area contributed by atoms with Crippen molar-refractivity contribution in [1.82, 2.24) is 4.90 Å². The molecular formula is C17H22N2O3. The van der Waals surface area contributed by atoms with Gasteiger partial charge in [0.1, 0.15) is 5.75 Å². The average Bonchev–Trinajstić information content (AvgIpc) is 2.96. The van der Waals surface area contributed by atoms with Crippen molar-refractivity contribution in [2.45, 2.75) is 19.8 Å². The Morgan fingerprint density at radius 1 is 1.50 bits per heavy atom. The number of hydrogen-bond acceptors (Lipinski definition) is 3. The minimum atomic E-state index is -0.0637. The molecule has 1 N–H and O–H groups in total. The van der Waals surface area contributed by atoms with Crippen LogP contribution >= 0.6 is 0 Å². The zero-order valence-electron chi connectivity index (χ0n) is 13.1. The van der Waals surface area contributed by atoms with E-state index in [1.807, 2.05) is 25.1 Å². The lowest BCUT2D eigenvalue weighted by Crippen LogP contribution is -2.27. The van der Waals surface area contributed by atoms with Crippen molar-refractivity contribution in [3.63, 3.8) is 0 Å². The molecule has 5 nitrogen and oxygen atoms in total. The maximum Gasteiger partial charge on any atom is 0.245 e. The van der Waals surface area contributed by atoms with E-state index in [0.29, 0.717) is 19.5 Å². The summed E-state index contributed by atoms with van der Waals surface area (Å²) in [5, 5.41) is 2.89. The lowest BCUT2D eigenvalue weighted by molar-refractivity contribution is -0.125. The number of rotatable bonds is 5. The Morgan fingerprint density at radius 3 is 2.95 bits per heavy atom. The number of aryl methyl sites for hydroxylation is 1. The van der Waals surface area contributed by atoms with Crippen molar-refractivity contribution >= 4 is 17.5 Å². The van der Waals surface area contributed by atoms with Gasteiger partial charge in [0.25, 0.3) is 0 Å². The van der Waals surface area contributed by atoms with Crippen LogP contribution in [0.2, 0.25) is 0 Å². The molecule has 0 radical (unpaired) electrons. The van der Waals surface area contributed by atoms with Gasteiger partial charge in [0, 0.05) is 31.3 Å². The average molecular weight is 302 g/mol. The number of nitrogens with zero attached hydrogens (tertiary/aromatic N) is 1. The highest BCUT2D eigenvalue weighted by molar-refractivity contribution is 5.91. The minimum Gasteiger partial charge on any atom is -0.496 e. The number of hydrogen-bond donors (Lipinski definition) is 1. The number of nitrogens with one attached hydrogen (secondary N) is 1. The van der Waals surface area contributed by atoms with Crippen molar-refractivity contribution in [2.24, 2.45) is 5.92 Å². The SMILES string of the molecule is C=CC(=O)N1CC[C@H](CC(=O)Nc2ccc(C)c(OC)c2)C1. The van der Waals surface area contributed by atoms with E-state index in [4.69, 9.17) is 4.74 Å². The molecule has 0 aliphatic carbocycles. The van der Waals surface area contributed by atoms with Crippen LogP contribution in [0, 0.1) is 12.8 Å². The molecule has 0 aromatic heterocycles. The third-order valence-electron chi connectivity index (χ3n) is 3.94. The summed E-state index contributed by atoms with van der Waals surface area (Å²) < 4.78 is 5.25. The molecule has 118 valence electrons. The third-order valence-corrected chi connectivity index (χ3v) is 3.94. The van der Waals surface area contributed by atoms with E-state index in [-0.39, 0.29) is 17.7 Å². The van der Waals surface area contributed by atoms with Crippen LogP contribution in [0.25, 0.3) is 0 Å². The molecule has 2 rings (SSSR count). The molecule has 1 aromatic rings. The van der Waals surface area contributed by atoms with Crippen LogP contribution < -0.4 is 10.1 Å². The highest BCUT2D eigenvalue weighted by Crippen LogP contribution is 2.24. The first kappa shape index (κ1) is 16.1. The molecule has 1 heterocycles. The van der Waals surface area contributed by atoms with Gasteiger partial charge in [-0.1, -0.05) is 12.6 Å². The number of anilines is 1. The van der Waals surface area contributed by atoms with E-state index in [2.05, 4.69) is 11.9 Å². The molecule has 2 amide bonds. The molecule has 1 atom stereocenters. The quantitative estimate of drug-likeness (QED) is 0.850. The van der Waals surface area contributed by atoms with Gasteiger partial charge in [0.15, 0.2) is 0 Å². The maximum atomic E-state index is 12.1. The lowest BCUT2D eigenvalue weighted by atomic mass is 10.0. The number of carbonyl (C=O) groups is 2. The monoisotopic (exact) mass is 302 g/mol. The second-order valence-corrected chi connectivity index (χ2v) is 5.58. The number of ether oxygens (including phenoxy) is 1. The zero-order chi connectivity index (χ0) is 16.1. The second-order valence-electron chi connectivity index (χ2n) is 5.58. The Morgan fingerprint density at radius 2 is 2.27 bits per heavy atom. The van der Waals surface area contributed by atoms with Crippen LogP contribution in [0.15, 0.2) is 30.9 Å². The number of likely N-dealkylation sites (tertiary alicyclic amines) is 1. The fraction of sp³-hybridized carbons (Fsp3) is 0.412. The van der Waals surface area contributed by atoms with Crippen LogP contribution in [0.3, 0.4) is 0 Å². The summed E-state index contributed by atoms with van der Waals surface area (Å²) in [4.78, 5) is 25.4. The number of benzene rings is 1. The van der Waals surface area contributed by atoms with Gasteiger partial charge in [-0.05, 0) is 37.0 Å². The minimum absolute atomic E-state index is 0.0381. The van der Waals surface area contributed by atoms with Crippen LogP contribution in [-0.2, 0) is 9.59 Å². The van der Waals surface area contributed by atoms with E-state index in [1.54, 1.807) is 12.0 Å². The molecule has 1 aliphatic heterocycles. The molecule has 22 heavy (non-hydrogen) atoms. The normalized spacial score (nSPS) is 17.2. The van der Waals surface area contributed by atoms with Crippen molar-refractivity contribution < 1.29 is 14.3 Å². The molecule has 0 spiro atoms. The van der Waals surface area contributed by atoms with Gasteiger partial charge in [0.2, 0.25) is 11.8 Å². The largest absolute Gasteiger partial charge is 0.496 e. The smallest absolute Gasteiger partial charge is 0.245 e. The van der Waals surface area contributed by atoms with Crippen LogP contribution in [0.1, 0.15) is 18.4 Å². The molecule has 1 aliphatic rings. The van der Waals surface area contributed by atoms with Crippen molar-refractivity contribution in [1.29, 1.82) is 0 Å². The first-order chi connectivity index (χ1) is 10.5. The van der Waals surface area contributed by atoms with Gasteiger partial charge >= 0.3 is 0 Å². The van der Waals surface area contributed by atoms with E-state index in [9.17, 15) is 9.59 Å². The highest BCUT2D eigenvalue weighted by Gasteiger charge is 2.26. The first-order valence-electron chi connectivity index (χ1n) is 7.39. The van der Waals surface area contributed by atoms with E-state index >= 15 is 0 Å². The van der Waals surface area contributed by atoms with Gasteiger partial charge in [-0.3, -0.25) is 9.59 Å². The van der Waals surface area contributed by atoms with Gasteiger partial charge in [-0.15, -0.1) is 0 Å². The molecule has 1 fully saturated rings. The molecule has 0 unspecified atom stereocenters. The van der Waals surface area contributed by atoms with Crippen LogP contribution in [-0.4, -0.2) is 36.9 Å². The predicted molar refractivity (Wildman–Crippen MR) is 85.9 cm³/mol. The summed E-state index contributed by atoms with van der Waals surface area (Å²) in [6.45, 7) is 6.76. The van der Waals surface area contributed by atoms with Gasteiger partial charge < -0.3 is 15.0 Å². The van der Waals surface area contributed by atoms with Gasteiger partial charge in [0.05, 0.1) is 7.11 Å². The first-order valence-corrected chi connectivity index (χ1v) is 7.39. The summed E-state index contributed by atoms with van der Waals surface area (Å²) in [5.41, 5.74) is 1.75. The van der Waals surface area contributed by atoms with Crippen molar-refractivity contribution in [3.8, 4) is 5.75 Å². The summed E-state index contributed by atoms with van der Waals surface area (Å²) >= 11 is 0. The maximum absolute atomic E-state index is 12.1. The number of carbonyl (C=O) groups excluding carboxylic acids is 2. The van der Waals surface area contributed by atoms with E-state index in [0.717, 1.165) is 23.4 Å². The van der Waals surface area contributed by atoms with E-state index in [1.165, 1.54) is 6.08 Å². The molecule has 1 saturated heterocycles. The van der Waals surface area contributed by atoms with Crippen LogP contribution in [0.4, 0.5) is 5.69 Å². The fourth-order valence-electron chi connectivity index (χ4n) is 2.70. The highest BCUT2D eigenvalue weighted by atomic mass is 16.5. The molecule has 1 aromatic carbocycles. The Labute approximate surface area is 130 Å². The molecule has 0 saturated carbocycles. The Balaban J connectivity index is 1.88. The molecular weight excluding hydrogens is 280 g/mol. The topological polar surface area (TPSA) is 58.6 Å². The number of amides is 2. The van der Waals surface area contributed by atoms with Crippen molar-refractivity contribution in [3.05, 3.63) is 36.4 Å². The summed E-state index contributed by atoms with van der Waals surface area (Å²) in [6, 6.07) is 5.59. The standard InChI is InChI=1S/C17H22N2O3/c1-4-17(21)19-8-7-13(11-19)9-16(20)18-14-6-5-12(2)15(10-14)22-3/h4-6,10,13H,1,7-9,11H2,2-3H3,(H,18,20)/t13-/m1/s1. The molecule has 0 bridgehead atoms. The molecule has 5 heteroatoms. The van der Waals surface area contributed by atoms with Crippen molar-refractivity contribution in [2.75, 3.05) is 25.5 Å². The number of methoxy groups -OCH3 is 1. The predicted octanol–water partition coefficient (Wildman–Crippen LogP) is 2.37. The third kappa shape index (κ3) is 3.87. The van der Waals surface area contributed by atoms with Gasteiger partial charge in [-0.2, -0.15) is 0 Å². The summed E-state index contributed by atoms with van der Waals surface area (Å²) in [5.74, 6) is 0.854. The fourth-order valence-corrected chi connectivity index (χ4v) is 2.70. The summed E-state index contributed by atoms with van der Waals surface area (Å²) in [7, 11) is 1.61. The Hall–Kier alpha value is -2.30. The van der Waals surface area contributed by atoms with Gasteiger partial charge in [-0.25, -0.2) is 0 Å². The Kier molecular flexibility index (Phi) is 5.20. The van der Waals surface area contributed by atoms with Crippen LogP contribution in [0.5, 0.6) is 5.75 Å². The van der Waals surface area contributed by atoms with E-state index < -0.39 is 0 Å². The Bertz CT molecular complexity index is 583. The zero-order valence-corrected chi connectivity index (χ0v) is 13.1. The summed E-state index contributed by atoms with van der Waals surface area (Å²) in [6.07, 6.45) is 2.59. The lowest BCUT2D eigenvalue weighted by Gasteiger charge is -2.14. The second kappa shape index (κ2) is 7.11.